The molecule has 3 nitrogen and oxygen atoms in total. The smallest absolute Gasteiger partial charge is 0.164 e. The van der Waals surface area contributed by atoms with Crippen molar-refractivity contribution in [3.8, 4) is 0 Å². The van der Waals surface area contributed by atoms with Crippen LogP contribution >= 0.6 is 11.6 Å². The van der Waals surface area contributed by atoms with Crippen molar-refractivity contribution < 1.29 is 4.79 Å². The van der Waals surface area contributed by atoms with E-state index in [4.69, 9.17) is 11.6 Å². The molecule has 114 valence electrons. The molecule has 1 aromatic rings. The summed E-state index contributed by atoms with van der Waals surface area (Å²) in [7, 11) is 0. The van der Waals surface area contributed by atoms with Crippen LogP contribution in [0.15, 0.2) is 24.3 Å². The molecule has 2 aliphatic rings. The van der Waals surface area contributed by atoms with Crippen LogP contribution in [0.2, 0.25) is 5.02 Å². The molecular weight excluding hydrogens is 284 g/mol. The summed E-state index contributed by atoms with van der Waals surface area (Å²) in [6.45, 7) is 5.61. The van der Waals surface area contributed by atoms with E-state index in [1.165, 1.54) is 32.4 Å². The first-order valence-electron chi connectivity index (χ1n) is 7.97. The number of fused-ring (bicyclic) bond motifs is 1. The first kappa shape index (κ1) is 15.0. The molecule has 3 rings (SSSR count). The number of carbonyl (C=O) groups excluding carboxylic acids is 1. The molecule has 0 radical (unpaired) electrons. The Hall–Kier alpha value is -0.900. The fourth-order valence-corrected chi connectivity index (χ4v) is 3.74. The first-order chi connectivity index (χ1) is 10.2. The fraction of sp³-hybridized carbons (Fsp3) is 0.588. The molecule has 2 saturated heterocycles. The van der Waals surface area contributed by atoms with Crippen molar-refractivity contribution in [1.82, 2.24) is 9.80 Å². The summed E-state index contributed by atoms with van der Waals surface area (Å²) in [5.74, 6) is 0.199. The Kier molecular flexibility index (Phi) is 4.94. The zero-order chi connectivity index (χ0) is 14.7. The molecule has 0 N–H and O–H groups in total. The molecule has 1 aromatic carbocycles. The summed E-state index contributed by atoms with van der Waals surface area (Å²) in [6, 6.07) is 7.99. The highest BCUT2D eigenvalue weighted by Gasteiger charge is 2.28. The Labute approximate surface area is 131 Å². The van der Waals surface area contributed by atoms with Gasteiger partial charge in [-0.25, -0.2) is 0 Å². The van der Waals surface area contributed by atoms with Crippen LogP contribution < -0.4 is 0 Å². The molecule has 2 aliphatic heterocycles. The molecule has 0 aromatic heterocycles. The van der Waals surface area contributed by atoms with E-state index in [-0.39, 0.29) is 5.78 Å². The molecule has 0 saturated carbocycles. The molecule has 0 bridgehead atoms. The number of Topliss-reactive ketones (excluding diaryl/α,β-unsaturated/α-hetero) is 1. The van der Waals surface area contributed by atoms with E-state index < -0.39 is 0 Å². The second-order valence-electron chi connectivity index (χ2n) is 6.17. The molecule has 1 atom stereocenters. The highest BCUT2D eigenvalue weighted by Crippen LogP contribution is 2.21. The van der Waals surface area contributed by atoms with E-state index in [0.717, 1.165) is 25.2 Å². The number of benzene rings is 1. The van der Waals surface area contributed by atoms with Gasteiger partial charge in [-0.3, -0.25) is 9.69 Å². The average molecular weight is 307 g/mol. The molecule has 0 amide bonds. The van der Waals surface area contributed by atoms with E-state index in [9.17, 15) is 4.79 Å². The Morgan fingerprint density at radius 1 is 1.24 bits per heavy atom. The zero-order valence-electron chi connectivity index (χ0n) is 12.4. The number of ketones is 1. The number of hydrogen-bond acceptors (Lipinski definition) is 3. The van der Waals surface area contributed by atoms with Crippen LogP contribution in [0, 0.1) is 0 Å². The minimum Gasteiger partial charge on any atom is -0.301 e. The van der Waals surface area contributed by atoms with E-state index in [1.807, 2.05) is 18.2 Å². The Morgan fingerprint density at radius 2 is 2.10 bits per heavy atom. The molecule has 2 fully saturated rings. The quantitative estimate of drug-likeness (QED) is 0.799. The highest BCUT2D eigenvalue weighted by molar-refractivity contribution is 6.31. The van der Waals surface area contributed by atoms with Gasteiger partial charge in [-0.15, -0.1) is 0 Å². The van der Waals surface area contributed by atoms with Crippen LogP contribution in [0.3, 0.4) is 0 Å². The van der Waals surface area contributed by atoms with Gasteiger partial charge in [0, 0.05) is 36.1 Å². The lowest BCUT2D eigenvalue weighted by molar-refractivity contribution is 0.0961. The van der Waals surface area contributed by atoms with Crippen molar-refractivity contribution in [2.75, 3.05) is 32.7 Å². The Morgan fingerprint density at radius 3 is 2.95 bits per heavy atom. The Balaban J connectivity index is 1.53. The van der Waals surface area contributed by atoms with Gasteiger partial charge in [-0.05, 0) is 51.0 Å². The molecular formula is C17H23ClN2O. The predicted molar refractivity (Wildman–Crippen MR) is 86.1 cm³/mol. The molecule has 1 unspecified atom stereocenters. The number of carbonyl (C=O) groups is 1. The van der Waals surface area contributed by atoms with Gasteiger partial charge < -0.3 is 4.90 Å². The van der Waals surface area contributed by atoms with Gasteiger partial charge in [0.1, 0.15) is 0 Å². The largest absolute Gasteiger partial charge is 0.301 e. The minimum absolute atomic E-state index is 0.199. The lowest BCUT2D eigenvalue weighted by Gasteiger charge is -2.25. The maximum atomic E-state index is 12.3. The van der Waals surface area contributed by atoms with Crippen molar-refractivity contribution in [1.29, 1.82) is 0 Å². The molecule has 0 aliphatic carbocycles. The van der Waals surface area contributed by atoms with Crippen LogP contribution in [-0.4, -0.2) is 54.3 Å². The maximum Gasteiger partial charge on any atom is 0.164 e. The summed E-state index contributed by atoms with van der Waals surface area (Å²) in [5, 5.41) is 0.636. The monoisotopic (exact) mass is 306 g/mol. The standard InChI is InChI=1S/C17H23ClN2O/c18-15-5-1-4-14(12-15)17(21)7-11-19-8-3-10-20-9-2-6-16(20)13-19/h1,4-5,12,16H,2-3,6-11,13H2. The molecule has 0 spiro atoms. The van der Waals surface area contributed by atoms with Crippen LogP contribution in [-0.2, 0) is 0 Å². The van der Waals surface area contributed by atoms with E-state index in [2.05, 4.69) is 9.80 Å². The van der Waals surface area contributed by atoms with Gasteiger partial charge in [-0.1, -0.05) is 23.7 Å². The summed E-state index contributed by atoms with van der Waals surface area (Å²) >= 11 is 5.95. The van der Waals surface area contributed by atoms with Crippen molar-refractivity contribution in [2.24, 2.45) is 0 Å². The van der Waals surface area contributed by atoms with Gasteiger partial charge in [0.15, 0.2) is 5.78 Å². The fourth-order valence-electron chi connectivity index (χ4n) is 3.55. The van der Waals surface area contributed by atoms with Crippen molar-refractivity contribution in [3.63, 3.8) is 0 Å². The normalized spacial score (nSPS) is 23.8. The van der Waals surface area contributed by atoms with Crippen molar-refractivity contribution >= 4 is 17.4 Å². The second-order valence-corrected chi connectivity index (χ2v) is 6.61. The molecule has 2 heterocycles. The number of rotatable bonds is 4. The zero-order valence-corrected chi connectivity index (χ0v) is 13.2. The third-order valence-corrected chi connectivity index (χ3v) is 4.92. The number of nitrogens with zero attached hydrogens (tertiary/aromatic N) is 2. The summed E-state index contributed by atoms with van der Waals surface area (Å²) < 4.78 is 0. The van der Waals surface area contributed by atoms with E-state index >= 15 is 0 Å². The first-order valence-corrected chi connectivity index (χ1v) is 8.35. The minimum atomic E-state index is 0.199. The predicted octanol–water partition coefficient (Wildman–Crippen LogP) is 3.08. The van der Waals surface area contributed by atoms with E-state index in [0.29, 0.717) is 17.5 Å². The Bertz CT molecular complexity index is 505. The summed E-state index contributed by atoms with van der Waals surface area (Å²) in [4.78, 5) is 17.4. The number of hydrogen-bond donors (Lipinski definition) is 0. The van der Waals surface area contributed by atoms with Gasteiger partial charge in [0.05, 0.1) is 0 Å². The SMILES string of the molecule is O=C(CCN1CCCN2CCCC2C1)c1cccc(Cl)c1. The van der Waals surface area contributed by atoms with Gasteiger partial charge in [0.2, 0.25) is 0 Å². The van der Waals surface area contributed by atoms with Gasteiger partial charge in [0.25, 0.3) is 0 Å². The average Bonchev–Trinajstić information content (AvgIpc) is 2.83. The third-order valence-electron chi connectivity index (χ3n) is 4.69. The van der Waals surface area contributed by atoms with Crippen LogP contribution in [0.5, 0.6) is 0 Å². The van der Waals surface area contributed by atoms with Gasteiger partial charge in [-0.2, -0.15) is 0 Å². The molecule has 4 heteroatoms. The van der Waals surface area contributed by atoms with Crippen LogP contribution in [0.25, 0.3) is 0 Å². The van der Waals surface area contributed by atoms with E-state index in [1.54, 1.807) is 6.07 Å². The van der Waals surface area contributed by atoms with Gasteiger partial charge >= 0.3 is 0 Å². The summed E-state index contributed by atoms with van der Waals surface area (Å²) in [5.41, 5.74) is 0.736. The second kappa shape index (κ2) is 6.91. The highest BCUT2D eigenvalue weighted by atomic mass is 35.5. The molecule has 21 heavy (non-hydrogen) atoms. The topological polar surface area (TPSA) is 23.6 Å². The summed E-state index contributed by atoms with van der Waals surface area (Å²) in [6.07, 6.45) is 4.47. The number of halogens is 1. The van der Waals surface area contributed by atoms with Crippen LogP contribution in [0.4, 0.5) is 0 Å². The lowest BCUT2D eigenvalue weighted by Crippen LogP contribution is -2.37. The van der Waals surface area contributed by atoms with Crippen molar-refractivity contribution in [2.45, 2.75) is 31.7 Å². The van der Waals surface area contributed by atoms with Crippen LogP contribution in [0.1, 0.15) is 36.0 Å². The lowest BCUT2D eigenvalue weighted by atomic mass is 10.1. The maximum absolute atomic E-state index is 12.3. The third kappa shape index (κ3) is 3.85. The van der Waals surface area contributed by atoms with Crippen molar-refractivity contribution in [3.05, 3.63) is 34.9 Å².